The molecule has 64 valence electrons. The molecule has 0 spiro atoms. The van der Waals surface area contributed by atoms with Gasteiger partial charge in [-0.2, -0.15) is 0 Å². The molecule has 12 heavy (non-hydrogen) atoms. The second kappa shape index (κ2) is 3.96. The number of aliphatic hydroxyl groups excluding tert-OH is 1. The molecule has 1 aromatic rings. The molecule has 0 amide bonds. The van der Waals surface area contributed by atoms with Gasteiger partial charge in [-0.15, -0.1) is 0 Å². The molecular weight excluding hydrogens is 148 g/mol. The number of aryl methyl sites for hydroxylation is 1. The Balaban J connectivity index is 2.71. The van der Waals surface area contributed by atoms with Gasteiger partial charge in [-0.1, -0.05) is 37.8 Å². The van der Waals surface area contributed by atoms with Crippen LogP contribution in [0.2, 0.25) is 0 Å². The Labute approximate surface area is 73.4 Å². The molecule has 0 radical (unpaired) electrons. The van der Waals surface area contributed by atoms with Crippen molar-refractivity contribution in [3.05, 3.63) is 47.7 Å². The van der Waals surface area contributed by atoms with Crippen molar-refractivity contribution in [3.63, 3.8) is 0 Å². The van der Waals surface area contributed by atoms with Gasteiger partial charge in [0.1, 0.15) is 0 Å². The number of rotatable bonds is 3. The van der Waals surface area contributed by atoms with Crippen LogP contribution < -0.4 is 0 Å². The Morgan fingerprint density at radius 3 is 2.17 bits per heavy atom. The van der Waals surface area contributed by atoms with Crippen LogP contribution >= 0.6 is 0 Å². The van der Waals surface area contributed by atoms with E-state index >= 15 is 0 Å². The van der Waals surface area contributed by atoms with Gasteiger partial charge in [0.2, 0.25) is 0 Å². The Kier molecular flexibility index (Phi) is 2.92. The summed E-state index contributed by atoms with van der Waals surface area (Å²) in [6.45, 7) is 5.57. The van der Waals surface area contributed by atoms with Crippen LogP contribution in [0.5, 0.6) is 0 Å². The SMILES string of the molecule is C=C(O)Cc1ccc(CC)cc1. The molecule has 0 unspecified atom stereocenters. The summed E-state index contributed by atoms with van der Waals surface area (Å²) in [5, 5.41) is 8.94. The van der Waals surface area contributed by atoms with Crippen LogP contribution in [0.1, 0.15) is 18.1 Å². The first-order chi connectivity index (χ1) is 5.72. The highest BCUT2D eigenvalue weighted by Crippen LogP contribution is 2.07. The number of benzene rings is 1. The van der Waals surface area contributed by atoms with E-state index in [1.54, 1.807) is 0 Å². The molecule has 0 saturated heterocycles. The Morgan fingerprint density at radius 1 is 1.25 bits per heavy atom. The lowest BCUT2D eigenvalue weighted by Gasteiger charge is -2.00. The molecule has 1 N–H and O–H groups in total. The predicted molar refractivity (Wildman–Crippen MR) is 51.3 cm³/mol. The minimum atomic E-state index is 0.222. The Morgan fingerprint density at radius 2 is 1.75 bits per heavy atom. The zero-order valence-corrected chi connectivity index (χ0v) is 7.38. The van der Waals surface area contributed by atoms with Gasteiger partial charge in [-0.05, 0) is 17.5 Å². The van der Waals surface area contributed by atoms with Crippen LogP contribution in [0.4, 0.5) is 0 Å². The van der Waals surface area contributed by atoms with Gasteiger partial charge < -0.3 is 5.11 Å². The van der Waals surface area contributed by atoms with E-state index in [1.807, 2.05) is 12.1 Å². The smallest absolute Gasteiger partial charge is 0.0894 e. The fourth-order valence-electron chi connectivity index (χ4n) is 1.13. The van der Waals surface area contributed by atoms with Gasteiger partial charge in [-0.3, -0.25) is 0 Å². The van der Waals surface area contributed by atoms with Crippen molar-refractivity contribution in [2.75, 3.05) is 0 Å². The summed E-state index contributed by atoms with van der Waals surface area (Å²) in [6, 6.07) is 8.22. The van der Waals surface area contributed by atoms with Gasteiger partial charge in [0.15, 0.2) is 0 Å². The fourth-order valence-corrected chi connectivity index (χ4v) is 1.13. The molecule has 0 bridgehead atoms. The van der Waals surface area contributed by atoms with Gasteiger partial charge in [0, 0.05) is 6.42 Å². The minimum absolute atomic E-state index is 0.222. The van der Waals surface area contributed by atoms with Crippen LogP contribution in [-0.4, -0.2) is 5.11 Å². The summed E-state index contributed by atoms with van der Waals surface area (Å²) >= 11 is 0. The third-order valence-corrected chi connectivity index (χ3v) is 1.84. The lowest BCUT2D eigenvalue weighted by atomic mass is 10.1. The average molecular weight is 162 g/mol. The van der Waals surface area contributed by atoms with Gasteiger partial charge >= 0.3 is 0 Å². The van der Waals surface area contributed by atoms with Crippen LogP contribution in [0.3, 0.4) is 0 Å². The first kappa shape index (κ1) is 8.85. The highest BCUT2D eigenvalue weighted by molar-refractivity contribution is 5.24. The first-order valence-electron chi connectivity index (χ1n) is 4.17. The highest BCUT2D eigenvalue weighted by atomic mass is 16.3. The molecule has 1 heteroatoms. The molecule has 1 nitrogen and oxygen atoms in total. The maximum Gasteiger partial charge on any atom is 0.0894 e. The van der Waals surface area contributed by atoms with Crippen molar-refractivity contribution < 1.29 is 5.11 Å². The number of aliphatic hydroxyl groups is 1. The molecule has 0 atom stereocenters. The van der Waals surface area contributed by atoms with Crippen molar-refractivity contribution >= 4 is 0 Å². The van der Waals surface area contributed by atoms with Crippen LogP contribution in [-0.2, 0) is 12.8 Å². The average Bonchev–Trinajstić information content (AvgIpc) is 2.05. The highest BCUT2D eigenvalue weighted by Gasteiger charge is 1.94. The summed E-state index contributed by atoms with van der Waals surface area (Å²) in [5.41, 5.74) is 2.43. The van der Waals surface area contributed by atoms with E-state index in [9.17, 15) is 0 Å². The molecule has 0 aliphatic rings. The van der Waals surface area contributed by atoms with Crippen LogP contribution in [0.15, 0.2) is 36.6 Å². The molecule has 0 aromatic heterocycles. The summed E-state index contributed by atoms with van der Waals surface area (Å²) < 4.78 is 0. The minimum Gasteiger partial charge on any atom is -0.513 e. The van der Waals surface area contributed by atoms with Crippen molar-refractivity contribution in [2.45, 2.75) is 19.8 Å². The first-order valence-corrected chi connectivity index (χ1v) is 4.17. The monoisotopic (exact) mass is 162 g/mol. The number of allylic oxidation sites excluding steroid dienone is 1. The van der Waals surface area contributed by atoms with Crippen LogP contribution in [0.25, 0.3) is 0 Å². The molecule has 1 rings (SSSR count). The topological polar surface area (TPSA) is 20.2 Å². The molecule has 0 aliphatic carbocycles. The van der Waals surface area contributed by atoms with Gasteiger partial charge in [-0.25, -0.2) is 0 Å². The molecule has 0 saturated carbocycles. The molecule has 0 aliphatic heterocycles. The number of hydrogen-bond donors (Lipinski definition) is 1. The Hall–Kier alpha value is -1.24. The maximum atomic E-state index is 8.94. The van der Waals surface area contributed by atoms with E-state index in [2.05, 4.69) is 25.6 Å². The zero-order valence-electron chi connectivity index (χ0n) is 7.38. The summed E-state index contributed by atoms with van der Waals surface area (Å²) in [6.07, 6.45) is 1.62. The molecule has 0 fully saturated rings. The predicted octanol–water partition coefficient (Wildman–Crippen LogP) is 2.86. The van der Waals surface area contributed by atoms with E-state index < -0.39 is 0 Å². The van der Waals surface area contributed by atoms with E-state index in [0.29, 0.717) is 6.42 Å². The summed E-state index contributed by atoms with van der Waals surface area (Å²) in [4.78, 5) is 0. The lowest BCUT2D eigenvalue weighted by molar-refractivity contribution is 0.401. The van der Waals surface area contributed by atoms with Crippen molar-refractivity contribution in [1.29, 1.82) is 0 Å². The van der Waals surface area contributed by atoms with Crippen molar-refractivity contribution in [2.24, 2.45) is 0 Å². The second-order valence-corrected chi connectivity index (χ2v) is 2.91. The maximum absolute atomic E-state index is 8.94. The van der Waals surface area contributed by atoms with E-state index in [1.165, 1.54) is 5.56 Å². The van der Waals surface area contributed by atoms with Crippen molar-refractivity contribution in [1.82, 2.24) is 0 Å². The zero-order chi connectivity index (χ0) is 8.97. The van der Waals surface area contributed by atoms with E-state index in [0.717, 1.165) is 12.0 Å². The number of hydrogen-bond acceptors (Lipinski definition) is 1. The van der Waals surface area contributed by atoms with E-state index in [-0.39, 0.29) is 5.76 Å². The Bertz CT molecular complexity index is 259. The second-order valence-electron chi connectivity index (χ2n) is 2.91. The largest absolute Gasteiger partial charge is 0.513 e. The molecule has 0 heterocycles. The standard InChI is InChI=1S/C11H14O/c1-3-10-4-6-11(7-5-10)8-9(2)12/h4-7,12H,2-3,8H2,1H3. The van der Waals surface area contributed by atoms with Crippen molar-refractivity contribution in [3.8, 4) is 0 Å². The lowest BCUT2D eigenvalue weighted by Crippen LogP contribution is -1.88. The fraction of sp³-hybridized carbons (Fsp3) is 0.273. The third-order valence-electron chi connectivity index (χ3n) is 1.84. The van der Waals surface area contributed by atoms with Gasteiger partial charge in [0.05, 0.1) is 5.76 Å². The molecule has 1 aromatic carbocycles. The quantitative estimate of drug-likeness (QED) is 0.677. The van der Waals surface area contributed by atoms with Crippen LogP contribution in [0, 0.1) is 0 Å². The van der Waals surface area contributed by atoms with Gasteiger partial charge in [0.25, 0.3) is 0 Å². The molecular formula is C11H14O. The van der Waals surface area contributed by atoms with E-state index in [4.69, 9.17) is 5.11 Å². The third kappa shape index (κ3) is 2.42. The normalized spacial score (nSPS) is 9.75. The summed E-state index contributed by atoms with van der Waals surface area (Å²) in [5.74, 6) is 0.222. The summed E-state index contributed by atoms with van der Waals surface area (Å²) in [7, 11) is 0.